The summed E-state index contributed by atoms with van der Waals surface area (Å²) in [7, 11) is 0. The Balaban J connectivity index is 2.53. The first-order chi connectivity index (χ1) is 7.32. The van der Waals surface area contributed by atoms with Crippen LogP contribution in [0.2, 0.25) is 0 Å². The topological polar surface area (TPSA) is 0 Å². The first-order valence-electron chi connectivity index (χ1n) is 6.04. The molecule has 0 nitrogen and oxygen atoms in total. The number of benzene rings is 1. The highest BCUT2D eigenvalue weighted by Gasteiger charge is 2.30. The normalized spacial score (nSPS) is 25.4. The van der Waals surface area contributed by atoms with Crippen molar-refractivity contribution in [3.8, 4) is 0 Å². The van der Waals surface area contributed by atoms with E-state index >= 15 is 0 Å². The molecule has 0 N–H and O–H groups in total. The Kier molecular flexibility index (Phi) is 2.95. The van der Waals surface area contributed by atoms with Crippen LogP contribution < -0.4 is 0 Å². The fourth-order valence-corrected chi connectivity index (χ4v) is 2.84. The van der Waals surface area contributed by atoms with Crippen molar-refractivity contribution < 1.29 is 0 Å². The van der Waals surface area contributed by atoms with Gasteiger partial charge in [-0.3, -0.25) is 0 Å². The predicted molar refractivity (Wildman–Crippen MR) is 66.2 cm³/mol. The highest BCUT2D eigenvalue weighted by Crippen LogP contribution is 2.39. The molecule has 0 amide bonds. The molecule has 0 spiro atoms. The molecule has 15 heavy (non-hydrogen) atoms. The van der Waals surface area contributed by atoms with Gasteiger partial charge < -0.3 is 0 Å². The minimum Gasteiger partial charge on any atom is -0.102 e. The van der Waals surface area contributed by atoms with E-state index in [0.29, 0.717) is 0 Å². The molecule has 0 radical (unpaired) electrons. The summed E-state index contributed by atoms with van der Waals surface area (Å²) in [5.74, 6) is 0. The molecule has 0 heterocycles. The van der Waals surface area contributed by atoms with Crippen LogP contribution in [0.4, 0.5) is 0 Å². The first-order valence-corrected chi connectivity index (χ1v) is 6.04. The molecule has 1 aliphatic carbocycles. The summed E-state index contributed by atoms with van der Waals surface area (Å²) in [6.45, 7) is 6.35. The van der Waals surface area contributed by atoms with Crippen molar-refractivity contribution in [2.75, 3.05) is 0 Å². The molecular formula is C15H20. The fourth-order valence-electron chi connectivity index (χ4n) is 2.84. The Morgan fingerprint density at radius 3 is 2.87 bits per heavy atom. The predicted octanol–water partition coefficient (Wildman–Crippen LogP) is 4.25. The van der Waals surface area contributed by atoms with Gasteiger partial charge in [0.05, 0.1) is 0 Å². The van der Waals surface area contributed by atoms with E-state index in [4.69, 9.17) is 0 Å². The summed E-state index contributed by atoms with van der Waals surface area (Å²) >= 11 is 0. The molecule has 1 atom stereocenters. The maximum Gasteiger partial charge on any atom is 0.0129 e. The summed E-state index contributed by atoms with van der Waals surface area (Å²) < 4.78 is 0. The van der Waals surface area contributed by atoms with Gasteiger partial charge >= 0.3 is 0 Å². The monoisotopic (exact) mass is 200 g/mol. The third-order valence-electron chi connectivity index (χ3n) is 3.89. The van der Waals surface area contributed by atoms with Crippen LogP contribution in [0.25, 0.3) is 0 Å². The van der Waals surface area contributed by atoms with Gasteiger partial charge in [-0.2, -0.15) is 0 Å². The van der Waals surface area contributed by atoms with Gasteiger partial charge in [-0.1, -0.05) is 43.7 Å². The second-order valence-corrected chi connectivity index (χ2v) is 4.58. The minimum absolute atomic E-state index is 0.243. The molecule has 2 rings (SSSR count). The molecule has 0 heteroatoms. The smallest absolute Gasteiger partial charge is 0.0129 e. The average Bonchev–Trinajstić information content (AvgIpc) is 2.49. The van der Waals surface area contributed by atoms with Gasteiger partial charge in [0.2, 0.25) is 0 Å². The Labute approximate surface area is 93.0 Å². The lowest BCUT2D eigenvalue weighted by Gasteiger charge is -2.30. The van der Waals surface area contributed by atoms with E-state index in [1.54, 1.807) is 0 Å². The zero-order valence-electron chi connectivity index (χ0n) is 9.63. The molecule has 0 aromatic heterocycles. The third kappa shape index (κ3) is 1.73. The highest BCUT2D eigenvalue weighted by atomic mass is 14.3. The van der Waals surface area contributed by atoms with E-state index in [9.17, 15) is 0 Å². The molecular weight excluding hydrogens is 180 g/mol. The molecule has 1 aromatic carbocycles. The lowest BCUT2D eigenvalue weighted by Crippen LogP contribution is -2.22. The molecule has 1 aromatic rings. The van der Waals surface area contributed by atoms with Gasteiger partial charge in [-0.15, -0.1) is 6.58 Å². The molecule has 1 aliphatic rings. The molecule has 0 bridgehead atoms. The number of hydrogen-bond acceptors (Lipinski definition) is 0. The molecule has 0 fully saturated rings. The van der Waals surface area contributed by atoms with Crippen molar-refractivity contribution in [1.82, 2.24) is 0 Å². The zero-order valence-corrected chi connectivity index (χ0v) is 9.63. The third-order valence-corrected chi connectivity index (χ3v) is 3.89. The first kappa shape index (κ1) is 10.5. The molecule has 80 valence electrons. The van der Waals surface area contributed by atoms with Crippen LogP contribution in [0.1, 0.15) is 43.7 Å². The maximum absolute atomic E-state index is 4.07. The Bertz CT molecular complexity index is 351. The van der Waals surface area contributed by atoms with Gasteiger partial charge in [0.15, 0.2) is 0 Å². The van der Waals surface area contributed by atoms with Crippen LogP contribution in [0.3, 0.4) is 0 Å². The SMILES string of the molecule is C=C[C@]1(CC)CCCCc2ccccc21. The largest absolute Gasteiger partial charge is 0.102 e. The van der Waals surface area contributed by atoms with Crippen molar-refractivity contribution in [3.63, 3.8) is 0 Å². The summed E-state index contributed by atoms with van der Waals surface area (Å²) in [6.07, 6.45) is 8.52. The quantitative estimate of drug-likeness (QED) is 0.494. The Morgan fingerprint density at radius 1 is 1.33 bits per heavy atom. The van der Waals surface area contributed by atoms with Crippen LogP contribution >= 0.6 is 0 Å². The second-order valence-electron chi connectivity index (χ2n) is 4.58. The zero-order chi connectivity index (χ0) is 10.7. The molecule has 0 aliphatic heterocycles. The maximum atomic E-state index is 4.07. The van der Waals surface area contributed by atoms with Gasteiger partial charge in [0, 0.05) is 5.41 Å². The van der Waals surface area contributed by atoms with Crippen LogP contribution in [0.15, 0.2) is 36.9 Å². The molecule has 0 saturated heterocycles. The van der Waals surface area contributed by atoms with Crippen LogP contribution in [0, 0.1) is 0 Å². The lowest BCUT2D eigenvalue weighted by molar-refractivity contribution is 0.464. The summed E-state index contributed by atoms with van der Waals surface area (Å²) in [4.78, 5) is 0. The summed E-state index contributed by atoms with van der Waals surface area (Å²) in [5.41, 5.74) is 3.31. The minimum atomic E-state index is 0.243. The van der Waals surface area contributed by atoms with E-state index in [-0.39, 0.29) is 5.41 Å². The number of aryl methyl sites for hydroxylation is 1. The fraction of sp³-hybridized carbons (Fsp3) is 0.467. The Morgan fingerprint density at radius 2 is 2.13 bits per heavy atom. The van der Waals surface area contributed by atoms with Crippen LogP contribution in [0.5, 0.6) is 0 Å². The number of fused-ring (bicyclic) bond motifs is 1. The van der Waals surface area contributed by atoms with Crippen molar-refractivity contribution >= 4 is 0 Å². The van der Waals surface area contributed by atoms with E-state index in [1.165, 1.54) is 43.2 Å². The summed E-state index contributed by atoms with van der Waals surface area (Å²) in [5, 5.41) is 0. The molecule has 0 unspecified atom stereocenters. The van der Waals surface area contributed by atoms with E-state index in [2.05, 4.69) is 43.8 Å². The van der Waals surface area contributed by atoms with Gasteiger partial charge in [0.25, 0.3) is 0 Å². The van der Waals surface area contributed by atoms with Crippen molar-refractivity contribution in [2.45, 2.75) is 44.4 Å². The molecule has 0 saturated carbocycles. The second kappa shape index (κ2) is 4.22. The van der Waals surface area contributed by atoms with E-state index in [0.717, 1.165) is 0 Å². The van der Waals surface area contributed by atoms with E-state index in [1.807, 2.05) is 0 Å². The van der Waals surface area contributed by atoms with Gasteiger partial charge in [0.1, 0.15) is 0 Å². The van der Waals surface area contributed by atoms with Gasteiger partial charge in [-0.05, 0) is 36.8 Å². The highest BCUT2D eigenvalue weighted by molar-refractivity contribution is 5.38. The van der Waals surface area contributed by atoms with Crippen molar-refractivity contribution in [3.05, 3.63) is 48.0 Å². The van der Waals surface area contributed by atoms with E-state index < -0.39 is 0 Å². The standard InChI is InChI=1S/C15H20/c1-3-15(4-2)12-8-7-10-13-9-5-6-11-14(13)15/h3,5-6,9,11H,1,4,7-8,10,12H2,2H3/t15-/m0/s1. The van der Waals surface area contributed by atoms with Gasteiger partial charge in [-0.25, -0.2) is 0 Å². The summed E-state index contributed by atoms with van der Waals surface area (Å²) in [6, 6.07) is 8.91. The Hall–Kier alpha value is -1.04. The average molecular weight is 200 g/mol. The van der Waals surface area contributed by atoms with Crippen molar-refractivity contribution in [1.29, 1.82) is 0 Å². The number of hydrogen-bond donors (Lipinski definition) is 0. The number of rotatable bonds is 2. The lowest BCUT2D eigenvalue weighted by atomic mass is 9.74. The van der Waals surface area contributed by atoms with Crippen LogP contribution in [-0.2, 0) is 11.8 Å². The number of allylic oxidation sites excluding steroid dienone is 1. The van der Waals surface area contributed by atoms with Crippen molar-refractivity contribution in [2.24, 2.45) is 0 Å². The van der Waals surface area contributed by atoms with Crippen LogP contribution in [-0.4, -0.2) is 0 Å².